The van der Waals surface area contributed by atoms with E-state index >= 15 is 0 Å². The van der Waals surface area contributed by atoms with E-state index < -0.39 is 0 Å². The van der Waals surface area contributed by atoms with Crippen LogP contribution in [0.15, 0.2) is 18.2 Å². The topological polar surface area (TPSA) is 24.9 Å². The Bertz CT molecular complexity index is 553. The van der Waals surface area contributed by atoms with Crippen molar-refractivity contribution >= 4 is 34.1 Å². The van der Waals surface area contributed by atoms with Crippen molar-refractivity contribution in [3.8, 4) is 0 Å². The first kappa shape index (κ1) is 12.6. The van der Waals surface area contributed by atoms with Gasteiger partial charge < -0.3 is 5.32 Å². The molecule has 0 aliphatic heterocycles. The van der Waals surface area contributed by atoms with Gasteiger partial charge in [-0.3, -0.25) is 4.98 Å². The van der Waals surface area contributed by atoms with Gasteiger partial charge in [-0.2, -0.15) is 0 Å². The van der Waals surface area contributed by atoms with Crippen LogP contribution in [0.25, 0.3) is 10.9 Å². The molecular formula is C13H14Cl2N2. The summed E-state index contributed by atoms with van der Waals surface area (Å²) in [6, 6.07) is 5.90. The Morgan fingerprint density at radius 1 is 1.29 bits per heavy atom. The number of benzene rings is 1. The predicted molar refractivity (Wildman–Crippen MR) is 74.1 cm³/mol. The number of hydrogen-bond donors (Lipinski definition) is 1. The normalized spacial score (nSPS) is 11.1. The van der Waals surface area contributed by atoms with Gasteiger partial charge in [0.2, 0.25) is 0 Å². The summed E-state index contributed by atoms with van der Waals surface area (Å²) in [5, 5.41) is 5.26. The zero-order valence-electron chi connectivity index (χ0n) is 9.85. The van der Waals surface area contributed by atoms with E-state index in [2.05, 4.69) is 16.4 Å². The fraction of sp³-hybridized carbons (Fsp3) is 0.308. The van der Waals surface area contributed by atoms with Gasteiger partial charge in [0.15, 0.2) is 0 Å². The Kier molecular flexibility index (Phi) is 3.87. The lowest BCUT2D eigenvalue weighted by atomic mass is 10.1. The predicted octanol–water partition coefficient (Wildman–Crippen LogP) is 3.61. The van der Waals surface area contributed by atoms with Gasteiger partial charge in [0.1, 0.15) is 0 Å². The molecule has 2 nitrogen and oxygen atoms in total. The molecule has 0 fully saturated rings. The van der Waals surface area contributed by atoms with Crippen LogP contribution in [0.1, 0.15) is 11.3 Å². The van der Waals surface area contributed by atoms with Gasteiger partial charge >= 0.3 is 0 Å². The van der Waals surface area contributed by atoms with E-state index in [1.54, 1.807) is 0 Å². The molecule has 0 radical (unpaired) electrons. The third-order valence-electron chi connectivity index (χ3n) is 2.82. The van der Waals surface area contributed by atoms with Crippen molar-refractivity contribution in [3.63, 3.8) is 0 Å². The molecule has 17 heavy (non-hydrogen) atoms. The van der Waals surface area contributed by atoms with E-state index in [1.165, 1.54) is 5.56 Å². The van der Waals surface area contributed by atoms with Crippen LogP contribution in [0.5, 0.6) is 0 Å². The summed E-state index contributed by atoms with van der Waals surface area (Å²) in [7, 11) is 1.94. The van der Waals surface area contributed by atoms with Crippen molar-refractivity contribution in [2.45, 2.75) is 13.3 Å². The van der Waals surface area contributed by atoms with Gasteiger partial charge in [-0.05, 0) is 44.6 Å². The van der Waals surface area contributed by atoms with Crippen LogP contribution >= 0.6 is 23.2 Å². The first-order valence-electron chi connectivity index (χ1n) is 5.52. The zero-order chi connectivity index (χ0) is 12.4. The summed E-state index contributed by atoms with van der Waals surface area (Å²) in [4.78, 5) is 4.54. The average Bonchev–Trinajstić information content (AvgIpc) is 2.32. The molecule has 0 bridgehead atoms. The smallest absolute Gasteiger partial charge is 0.0906 e. The van der Waals surface area contributed by atoms with Gasteiger partial charge in [0.25, 0.3) is 0 Å². The van der Waals surface area contributed by atoms with E-state index in [1.807, 2.05) is 26.1 Å². The van der Waals surface area contributed by atoms with Gasteiger partial charge in [0, 0.05) is 11.1 Å². The molecule has 0 atom stereocenters. The number of nitrogens with zero attached hydrogens (tertiary/aromatic N) is 1. The lowest BCUT2D eigenvalue weighted by Gasteiger charge is -2.09. The Morgan fingerprint density at radius 2 is 2.06 bits per heavy atom. The third-order valence-corrected chi connectivity index (χ3v) is 3.61. The van der Waals surface area contributed by atoms with E-state index in [9.17, 15) is 0 Å². The van der Waals surface area contributed by atoms with Crippen molar-refractivity contribution in [3.05, 3.63) is 39.5 Å². The maximum absolute atomic E-state index is 6.15. The number of hydrogen-bond acceptors (Lipinski definition) is 2. The Balaban J connectivity index is 2.54. The maximum Gasteiger partial charge on any atom is 0.0906 e. The Hall–Kier alpha value is -0.830. The molecule has 4 heteroatoms. The first-order chi connectivity index (χ1) is 8.13. The first-order valence-corrected chi connectivity index (χ1v) is 6.28. The number of nitrogens with one attached hydrogen (secondary N) is 1. The highest BCUT2D eigenvalue weighted by molar-refractivity contribution is 6.45. The number of halogens is 2. The molecule has 0 saturated carbocycles. The van der Waals surface area contributed by atoms with Gasteiger partial charge in [0.05, 0.1) is 15.6 Å². The summed E-state index contributed by atoms with van der Waals surface area (Å²) in [5.41, 5.74) is 3.03. The monoisotopic (exact) mass is 268 g/mol. The number of pyridine rings is 1. The summed E-state index contributed by atoms with van der Waals surface area (Å²) in [6.45, 7) is 2.94. The van der Waals surface area contributed by atoms with Crippen LogP contribution in [0.4, 0.5) is 0 Å². The fourth-order valence-electron chi connectivity index (χ4n) is 1.83. The second-order valence-electron chi connectivity index (χ2n) is 4.02. The molecule has 2 rings (SSSR count). The number of fused-ring (bicyclic) bond motifs is 1. The molecule has 1 aromatic heterocycles. The minimum atomic E-state index is 0.535. The Morgan fingerprint density at radius 3 is 2.76 bits per heavy atom. The van der Waals surface area contributed by atoms with Crippen LogP contribution in [-0.2, 0) is 6.42 Å². The molecular weight excluding hydrogens is 255 g/mol. The van der Waals surface area contributed by atoms with Gasteiger partial charge in [-0.15, -0.1) is 0 Å². The molecule has 2 aromatic rings. The van der Waals surface area contributed by atoms with E-state index in [-0.39, 0.29) is 0 Å². The number of aromatic nitrogens is 1. The highest BCUT2D eigenvalue weighted by Gasteiger charge is 2.08. The van der Waals surface area contributed by atoms with Crippen LogP contribution in [0.2, 0.25) is 10.0 Å². The Labute approximate surface area is 111 Å². The van der Waals surface area contributed by atoms with Crippen molar-refractivity contribution in [1.29, 1.82) is 0 Å². The quantitative estimate of drug-likeness (QED) is 0.920. The molecule has 0 spiro atoms. The molecule has 90 valence electrons. The van der Waals surface area contributed by atoms with Crippen molar-refractivity contribution < 1.29 is 0 Å². The highest BCUT2D eigenvalue weighted by Crippen LogP contribution is 2.30. The van der Waals surface area contributed by atoms with Gasteiger partial charge in [-0.25, -0.2) is 0 Å². The second-order valence-corrected chi connectivity index (χ2v) is 4.80. The molecule has 0 saturated heterocycles. The van der Waals surface area contributed by atoms with Crippen LogP contribution in [0, 0.1) is 6.92 Å². The molecule has 0 amide bonds. The molecule has 0 aliphatic rings. The SMILES string of the molecule is CNCCc1cc2ccc(Cl)c(Cl)c2nc1C. The minimum absolute atomic E-state index is 0.535. The van der Waals surface area contributed by atoms with Crippen molar-refractivity contribution in [1.82, 2.24) is 10.3 Å². The summed E-state index contributed by atoms with van der Waals surface area (Å²) in [6.07, 6.45) is 0.964. The summed E-state index contributed by atoms with van der Waals surface area (Å²) < 4.78 is 0. The third kappa shape index (κ3) is 2.54. The molecule has 0 aliphatic carbocycles. The fourth-order valence-corrected chi connectivity index (χ4v) is 2.20. The largest absolute Gasteiger partial charge is 0.319 e. The molecule has 1 heterocycles. The van der Waals surface area contributed by atoms with E-state index in [0.717, 1.165) is 29.6 Å². The van der Waals surface area contributed by atoms with Crippen LogP contribution in [-0.4, -0.2) is 18.6 Å². The lowest BCUT2D eigenvalue weighted by molar-refractivity contribution is 0.786. The second kappa shape index (κ2) is 5.21. The maximum atomic E-state index is 6.15. The summed E-state index contributed by atoms with van der Waals surface area (Å²) >= 11 is 12.1. The standard InChI is InChI=1S/C13H14Cl2N2/c1-8-9(5-6-16-2)7-10-3-4-11(14)12(15)13(10)17-8/h3-4,7,16H,5-6H2,1-2H3. The molecule has 0 unspecified atom stereocenters. The number of likely N-dealkylation sites (N-methyl/N-ethyl adjacent to an activating group) is 1. The van der Waals surface area contributed by atoms with Crippen molar-refractivity contribution in [2.75, 3.05) is 13.6 Å². The number of aryl methyl sites for hydroxylation is 1. The number of rotatable bonds is 3. The van der Waals surface area contributed by atoms with E-state index in [0.29, 0.717) is 10.0 Å². The van der Waals surface area contributed by atoms with Crippen LogP contribution < -0.4 is 5.32 Å². The highest BCUT2D eigenvalue weighted by atomic mass is 35.5. The summed E-state index contributed by atoms with van der Waals surface area (Å²) in [5.74, 6) is 0. The minimum Gasteiger partial charge on any atom is -0.319 e. The van der Waals surface area contributed by atoms with Gasteiger partial charge in [-0.1, -0.05) is 29.3 Å². The van der Waals surface area contributed by atoms with Crippen LogP contribution in [0.3, 0.4) is 0 Å². The van der Waals surface area contributed by atoms with E-state index in [4.69, 9.17) is 23.2 Å². The zero-order valence-corrected chi connectivity index (χ0v) is 11.4. The van der Waals surface area contributed by atoms with Crippen molar-refractivity contribution in [2.24, 2.45) is 0 Å². The lowest BCUT2D eigenvalue weighted by Crippen LogP contribution is -2.11. The molecule has 1 aromatic carbocycles. The molecule has 1 N–H and O–H groups in total. The average molecular weight is 269 g/mol.